The molecule has 2 aromatic carbocycles. The van der Waals surface area contributed by atoms with Crippen molar-refractivity contribution in [1.82, 2.24) is 14.6 Å². The molecule has 5 rings (SSSR count). The molecule has 10 heteroatoms. The summed E-state index contributed by atoms with van der Waals surface area (Å²) in [5.74, 6) is 0.570. The highest BCUT2D eigenvalue weighted by Crippen LogP contribution is 2.38. The summed E-state index contributed by atoms with van der Waals surface area (Å²) in [5.41, 5.74) is 3.33. The van der Waals surface area contributed by atoms with Crippen molar-refractivity contribution in [1.29, 1.82) is 0 Å². The molecule has 1 aromatic heterocycles. The van der Waals surface area contributed by atoms with Crippen LogP contribution in [0, 0.1) is 0 Å². The molecule has 0 spiro atoms. The van der Waals surface area contributed by atoms with E-state index >= 15 is 0 Å². The van der Waals surface area contributed by atoms with Gasteiger partial charge in [-0.15, -0.1) is 0 Å². The van der Waals surface area contributed by atoms with Crippen molar-refractivity contribution >= 4 is 38.8 Å². The van der Waals surface area contributed by atoms with E-state index in [1.807, 2.05) is 56.4 Å². The fourth-order valence-corrected chi connectivity index (χ4v) is 6.39. The van der Waals surface area contributed by atoms with Gasteiger partial charge in [0, 0.05) is 31.4 Å². The number of nitrogens with one attached hydrogen (secondary N) is 2. The van der Waals surface area contributed by atoms with Gasteiger partial charge >= 0.3 is 0 Å². The molecule has 3 aromatic rings. The maximum Gasteiger partial charge on any atom is 0.249 e. The normalized spacial score (nSPS) is 18.9. The molecular weight excluding hydrogens is 500 g/mol. The van der Waals surface area contributed by atoms with Gasteiger partial charge in [-0.2, -0.15) is 0 Å². The van der Waals surface area contributed by atoms with Crippen molar-refractivity contribution in [3.63, 3.8) is 0 Å². The standard InChI is InChI=1S/C28H34N6O3S/c1-20-28(35)33(3)26-18-29-27(17-25(26)34(20)19-21-8-5-4-6-9-21)30-23-10-7-11-24(16-23)38(36,37)31-22-12-14-32(2)15-13-22/h4-11,16-18,20,22,31H,12-15,19H2,1-3H3,(H,29,30)/t20-/m1/s1. The number of hydrogen-bond acceptors (Lipinski definition) is 7. The lowest BCUT2D eigenvalue weighted by atomic mass is 10.1. The van der Waals surface area contributed by atoms with Crippen LogP contribution < -0.4 is 19.8 Å². The van der Waals surface area contributed by atoms with Gasteiger partial charge in [0.25, 0.3) is 0 Å². The first-order chi connectivity index (χ1) is 18.2. The predicted octanol–water partition coefficient (Wildman–Crippen LogP) is 3.57. The minimum absolute atomic E-state index is 0.00552. The Morgan fingerprint density at radius 2 is 1.71 bits per heavy atom. The second kappa shape index (κ2) is 10.7. The number of nitrogens with zero attached hydrogens (tertiary/aromatic N) is 4. The number of rotatable bonds is 7. The first kappa shape index (κ1) is 26.1. The van der Waals surface area contributed by atoms with E-state index in [2.05, 4.69) is 24.8 Å². The number of benzene rings is 2. The Balaban J connectivity index is 1.38. The summed E-state index contributed by atoms with van der Waals surface area (Å²) in [6, 6.07) is 18.3. The number of fused-ring (bicyclic) bond motifs is 1. The van der Waals surface area contributed by atoms with E-state index in [0.29, 0.717) is 18.1 Å². The van der Waals surface area contributed by atoms with Crippen molar-refractivity contribution in [2.24, 2.45) is 0 Å². The molecule has 9 nitrogen and oxygen atoms in total. The second-order valence-electron chi connectivity index (χ2n) is 10.1. The highest BCUT2D eigenvalue weighted by atomic mass is 32.2. The Morgan fingerprint density at radius 1 is 0.974 bits per heavy atom. The molecule has 1 atom stereocenters. The van der Waals surface area contributed by atoms with E-state index in [1.165, 1.54) is 0 Å². The molecule has 0 unspecified atom stereocenters. The zero-order chi connectivity index (χ0) is 26.9. The van der Waals surface area contributed by atoms with Crippen LogP contribution in [0.5, 0.6) is 0 Å². The smallest absolute Gasteiger partial charge is 0.249 e. The summed E-state index contributed by atoms with van der Waals surface area (Å²) in [4.78, 5) is 23.6. The van der Waals surface area contributed by atoms with Crippen LogP contribution in [0.25, 0.3) is 0 Å². The zero-order valence-corrected chi connectivity index (χ0v) is 22.8. The molecule has 0 bridgehead atoms. The molecular formula is C28H34N6O3S. The lowest BCUT2D eigenvalue weighted by Crippen LogP contribution is -2.50. The molecule has 2 aliphatic rings. The third-order valence-corrected chi connectivity index (χ3v) is 8.86. The molecule has 1 fully saturated rings. The van der Waals surface area contributed by atoms with Crippen molar-refractivity contribution in [3.8, 4) is 0 Å². The number of pyridine rings is 1. The number of likely N-dealkylation sites (tertiary alicyclic amines) is 1. The molecule has 2 N–H and O–H groups in total. The number of likely N-dealkylation sites (N-methyl/N-ethyl adjacent to an activating group) is 1. The fraction of sp³-hybridized carbons (Fsp3) is 0.357. The van der Waals surface area contributed by atoms with Crippen LogP contribution in [-0.4, -0.2) is 63.5 Å². The fourth-order valence-electron chi connectivity index (χ4n) is 5.04. The quantitative estimate of drug-likeness (QED) is 0.478. The molecule has 1 amide bonds. The number of carbonyl (C=O) groups excluding carboxylic acids is 1. The van der Waals surface area contributed by atoms with Gasteiger partial charge in [0.15, 0.2) is 0 Å². The molecule has 0 aliphatic carbocycles. The third kappa shape index (κ3) is 5.52. The number of aromatic nitrogens is 1. The zero-order valence-electron chi connectivity index (χ0n) is 22.0. The van der Waals surface area contributed by atoms with Crippen LogP contribution in [0.1, 0.15) is 25.3 Å². The van der Waals surface area contributed by atoms with Gasteiger partial charge in [0.1, 0.15) is 11.9 Å². The second-order valence-corrected chi connectivity index (χ2v) is 11.8. The van der Waals surface area contributed by atoms with E-state index < -0.39 is 10.0 Å². The summed E-state index contributed by atoms with van der Waals surface area (Å²) < 4.78 is 29.0. The molecule has 0 radical (unpaired) electrons. The average molecular weight is 535 g/mol. The van der Waals surface area contributed by atoms with Gasteiger partial charge < -0.3 is 20.0 Å². The monoisotopic (exact) mass is 534 g/mol. The third-order valence-electron chi connectivity index (χ3n) is 7.34. The molecule has 2 aliphatic heterocycles. The molecule has 0 saturated carbocycles. The van der Waals surface area contributed by atoms with E-state index in [0.717, 1.165) is 42.9 Å². The SMILES string of the molecule is C[C@@H]1C(=O)N(C)c2cnc(Nc3cccc(S(=O)(=O)NC4CCN(C)CC4)c3)cc2N1Cc1ccccc1. The van der Waals surface area contributed by atoms with Crippen LogP contribution in [0.4, 0.5) is 22.9 Å². The highest BCUT2D eigenvalue weighted by molar-refractivity contribution is 7.89. The Kier molecular flexibility index (Phi) is 7.38. The van der Waals surface area contributed by atoms with Gasteiger partial charge in [-0.25, -0.2) is 18.1 Å². The lowest BCUT2D eigenvalue weighted by molar-refractivity contribution is -0.119. The average Bonchev–Trinajstić information content (AvgIpc) is 2.92. The van der Waals surface area contributed by atoms with E-state index in [9.17, 15) is 13.2 Å². The summed E-state index contributed by atoms with van der Waals surface area (Å²) in [5, 5.41) is 3.26. The number of sulfonamides is 1. The Hall–Kier alpha value is -3.47. The predicted molar refractivity (Wildman–Crippen MR) is 150 cm³/mol. The highest BCUT2D eigenvalue weighted by Gasteiger charge is 2.34. The van der Waals surface area contributed by atoms with Gasteiger partial charge in [0.2, 0.25) is 15.9 Å². The van der Waals surface area contributed by atoms with Crippen LogP contribution in [0.2, 0.25) is 0 Å². The molecule has 3 heterocycles. The lowest BCUT2D eigenvalue weighted by Gasteiger charge is -2.40. The Bertz CT molecular complexity index is 1410. The molecule has 200 valence electrons. The largest absolute Gasteiger partial charge is 0.354 e. The summed E-state index contributed by atoms with van der Waals surface area (Å²) >= 11 is 0. The van der Waals surface area contributed by atoms with Gasteiger partial charge in [-0.1, -0.05) is 36.4 Å². The minimum atomic E-state index is -3.65. The topological polar surface area (TPSA) is 97.9 Å². The number of hydrogen-bond donors (Lipinski definition) is 2. The summed E-state index contributed by atoms with van der Waals surface area (Å²) in [7, 11) is 0.158. The maximum atomic E-state index is 13.1. The first-order valence-corrected chi connectivity index (χ1v) is 14.4. The van der Waals surface area contributed by atoms with E-state index in [4.69, 9.17) is 0 Å². The summed E-state index contributed by atoms with van der Waals surface area (Å²) in [6.45, 7) is 4.23. The van der Waals surface area contributed by atoms with Gasteiger partial charge in [-0.05, 0) is 63.7 Å². The molecule has 1 saturated heterocycles. The van der Waals surface area contributed by atoms with Crippen molar-refractivity contribution in [3.05, 3.63) is 72.4 Å². The number of carbonyl (C=O) groups is 1. The van der Waals surface area contributed by atoms with Crippen LogP contribution >= 0.6 is 0 Å². The Morgan fingerprint density at radius 3 is 2.45 bits per heavy atom. The van der Waals surface area contributed by atoms with Gasteiger partial charge in [-0.3, -0.25) is 4.79 Å². The Labute approximate surface area is 224 Å². The van der Waals surface area contributed by atoms with E-state index in [1.54, 1.807) is 36.3 Å². The maximum absolute atomic E-state index is 13.1. The van der Waals surface area contributed by atoms with Crippen molar-refractivity contribution in [2.45, 2.75) is 43.3 Å². The number of piperidine rings is 1. The van der Waals surface area contributed by atoms with Crippen LogP contribution in [-0.2, 0) is 21.4 Å². The minimum Gasteiger partial charge on any atom is -0.354 e. The van der Waals surface area contributed by atoms with E-state index in [-0.39, 0.29) is 22.9 Å². The van der Waals surface area contributed by atoms with Crippen molar-refractivity contribution < 1.29 is 13.2 Å². The van der Waals surface area contributed by atoms with Crippen molar-refractivity contribution in [2.75, 3.05) is 42.3 Å². The number of anilines is 4. The van der Waals surface area contributed by atoms with Crippen LogP contribution in [0.15, 0.2) is 71.8 Å². The summed E-state index contributed by atoms with van der Waals surface area (Å²) in [6.07, 6.45) is 3.27. The first-order valence-electron chi connectivity index (χ1n) is 12.9. The van der Waals surface area contributed by atoms with Gasteiger partial charge in [0.05, 0.1) is 22.5 Å². The number of amides is 1. The molecule has 38 heavy (non-hydrogen) atoms. The van der Waals surface area contributed by atoms with Crippen LogP contribution in [0.3, 0.4) is 0 Å².